The maximum Gasteiger partial charge on any atom is 0.295 e. The van der Waals surface area contributed by atoms with Crippen LogP contribution in [0.4, 0.5) is 11.5 Å². The van der Waals surface area contributed by atoms with Gasteiger partial charge in [0.2, 0.25) is 0 Å². The van der Waals surface area contributed by atoms with Crippen LogP contribution in [0.2, 0.25) is 0 Å². The number of hydrogen-bond donors (Lipinski definition) is 1. The van der Waals surface area contributed by atoms with Crippen LogP contribution in [0.5, 0.6) is 0 Å². The Balaban J connectivity index is 2.69. The molecule has 0 atom stereocenters. The van der Waals surface area contributed by atoms with Crippen molar-refractivity contribution < 1.29 is 4.92 Å². The fourth-order valence-electron chi connectivity index (χ4n) is 1.71. The lowest BCUT2D eigenvalue weighted by molar-refractivity contribution is -0.384. The van der Waals surface area contributed by atoms with E-state index in [1.165, 1.54) is 4.68 Å². The van der Waals surface area contributed by atoms with Crippen molar-refractivity contribution in [2.45, 2.75) is 20.8 Å². The standard InChI is InChI=1S/C12H14N4O2/c1-7-4-10(11(16(17)18)5-8(7)2)15-6-9(3)12(13)14-15/h4-6H,1-3H3,(H2,13,14). The number of anilines is 1. The molecule has 2 rings (SSSR count). The number of aromatic nitrogens is 2. The first-order chi connectivity index (χ1) is 8.40. The minimum absolute atomic E-state index is 0.0283. The summed E-state index contributed by atoms with van der Waals surface area (Å²) in [6.07, 6.45) is 1.69. The lowest BCUT2D eigenvalue weighted by Gasteiger charge is -2.06. The van der Waals surface area contributed by atoms with Crippen molar-refractivity contribution in [1.82, 2.24) is 9.78 Å². The Bertz CT molecular complexity index is 612. The van der Waals surface area contributed by atoms with E-state index in [-0.39, 0.29) is 5.69 Å². The van der Waals surface area contributed by atoms with Crippen LogP contribution in [0.15, 0.2) is 18.3 Å². The van der Waals surface area contributed by atoms with Crippen molar-refractivity contribution >= 4 is 11.5 Å². The molecule has 2 N–H and O–H groups in total. The number of nitrogen functional groups attached to an aromatic ring is 1. The van der Waals surface area contributed by atoms with Crippen LogP contribution in [0.1, 0.15) is 16.7 Å². The summed E-state index contributed by atoms with van der Waals surface area (Å²) < 4.78 is 1.45. The zero-order chi connectivity index (χ0) is 13.4. The van der Waals surface area contributed by atoms with E-state index in [0.717, 1.165) is 16.7 Å². The lowest BCUT2D eigenvalue weighted by atomic mass is 10.1. The molecule has 0 spiro atoms. The number of nitro groups is 1. The topological polar surface area (TPSA) is 87.0 Å². The third kappa shape index (κ3) is 1.92. The van der Waals surface area contributed by atoms with Gasteiger partial charge in [-0.1, -0.05) is 0 Å². The minimum atomic E-state index is -0.408. The summed E-state index contributed by atoms with van der Waals surface area (Å²) in [7, 11) is 0. The number of nitrogens with zero attached hydrogens (tertiary/aromatic N) is 3. The highest BCUT2D eigenvalue weighted by Gasteiger charge is 2.18. The van der Waals surface area contributed by atoms with E-state index in [2.05, 4.69) is 5.10 Å². The summed E-state index contributed by atoms with van der Waals surface area (Å²) >= 11 is 0. The van der Waals surface area contributed by atoms with Gasteiger partial charge in [-0.05, 0) is 38.0 Å². The number of hydrogen-bond acceptors (Lipinski definition) is 4. The molecule has 6 heteroatoms. The van der Waals surface area contributed by atoms with Crippen LogP contribution in [-0.2, 0) is 0 Å². The molecule has 0 radical (unpaired) electrons. The zero-order valence-corrected chi connectivity index (χ0v) is 10.5. The second-order valence-corrected chi connectivity index (χ2v) is 4.32. The van der Waals surface area contributed by atoms with Crippen LogP contribution in [0, 0.1) is 30.9 Å². The molecular weight excluding hydrogens is 232 g/mol. The molecule has 0 saturated carbocycles. The Kier molecular flexibility index (Phi) is 2.78. The van der Waals surface area contributed by atoms with E-state index in [1.807, 2.05) is 20.8 Å². The molecule has 6 nitrogen and oxygen atoms in total. The maximum atomic E-state index is 11.1. The normalized spacial score (nSPS) is 10.6. The van der Waals surface area contributed by atoms with Gasteiger partial charge in [-0.15, -0.1) is 0 Å². The van der Waals surface area contributed by atoms with Crippen molar-refractivity contribution in [3.63, 3.8) is 0 Å². The van der Waals surface area contributed by atoms with Crippen molar-refractivity contribution in [2.75, 3.05) is 5.73 Å². The average molecular weight is 246 g/mol. The molecule has 0 fully saturated rings. The Morgan fingerprint density at radius 3 is 2.33 bits per heavy atom. The van der Waals surface area contributed by atoms with Crippen molar-refractivity contribution in [1.29, 1.82) is 0 Å². The Morgan fingerprint density at radius 2 is 1.83 bits per heavy atom. The summed E-state index contributed by atoms with van der Waals surface area (Å²) in [5.74, 6) is 0.377. The molecule has 0 aliphatic rings. The first-order valence-corrected chi connectivity index (χ1v) is 5.48. The molecule has 1 aromatic heterocycles. The van der Waals surface area contributed by atoms with Crippen molar-refractivity contribution in [3.05, 3.63) is 45.1 Å². The van der Waals surface area contributed by atoms with E-state index < -0.39 is 4.92 Å². The second kappa shape index (κ2) is 4.14. The molecule has 18 heavy (non-hydrogen) atoms. The average Bonchev–Trinajstić information content (AvgIpc) is 2.62. The highest BCUT2D eigenvalue weighted by atomic mass is 16.6. The van der Waals surface area contributed by atoms with Crippen LogP contribution in [-0.4, -0.2) is 14.7 Å². The van der Waals surface area contributed by atoms with Crippen LogP contribution in [0.3, 0.4) is 0 Å². The monoisotopic (exact) mass is 246 g/mol. The van der Waals surface area contributed by atoms with E-state index in [1.54, 1.807) is 18.3 Å². The molecule has 94 valence electrons. The predicted molar refractivity (Wildman–Crippen MR) is 68.8 cm³/mol. The Hall–Kier alpha value is -2.37. The fraction of sp³-hybridized carbons (Fsp3) is 0.250. The predicted octanol–water partition coefficient (Wildman–Crippen LogP) is 2.29. The molecule has 2 aromatic rings. The smallest absolute Gasteiger partial charge is 0.295 e. The minimum Gasteiger partial charge on any atom is -0.382 e. The molecule has 0 aliphatic carbocycles. The quantitative estimate of drug-likeness (QED) is 0.650. The van der Waals surface area contributed by atoms with Crippen molar-refractivity contribution in [3.8, 4) is 5.69 Å². The highest BCUT2D eigenvalue weighted by molar-refractivity contribution is 5.57. The summed E-state index contributed by atoms with van der Waals surface area (Å²) in [6.45, 7) is 5.56. The summed E-state index contributed by atoms with van der Waals surface area (Å²) in [5, 5.41) is 15.2. The van der Waals surface area contributed by atoms with Crippen LogP contribution >= 0.6 is 0 Å². The third-order valence-corrected chi connectivity index (χ3v) is 2.97. The molecule has 0 amide bonds. The van der Waals surface area contributed by atoms with Crippen LogP contribution < -0.4 is 5.73 Å². The van der Waals surface area contributed by atoms with Gasteiger partial charge in [-0.25, -0.2) is 4.68 Å². The first kappa shape index (κ1) is 12.1. The van der Waals surface area contributed by atoms with E-state index in [4.69, 9.17) is 5.73 Å². The van der Waals surface area contributed by atoms with Gasteiger partial charge in [0.15, 0.2) is 0 Å². The summed E-state index contributed by atoms with van der Waals surface area (Å²) in [4.78, 5) is 10.7. The second-order valence-electron chi connectivity index (χ2n) is 4.32. The summed E-state index contributed by atoms with van der Waals surface area (Å²) in [6, 6.07) is 3.30. The van der Waals surface area contributed by atoms with E-state index >= 15 is 0 Å². The third-order valence-electron chi connectivity index (χ3n) is 2.97. The van der Waals surface area contributed by atoms with Gasteiger partial charge >= 0.3 is 0 Å². The van der Waals surface area contributed by atoms with Crippen LogP contribution in [0.25, 0.3) is 5.69 Å². The SMILES string of the molecule is Cc1cc(-n2cc(C)c(N)n2)c([N+](=O)[O-])cc1C. The fourth-order valence-corrected chi connectivity index (χ4v) is 1.71. The summed E-state index contributed by atoms with van der Waals surface area (Å²) in [5.41, 5.74) is 8.78. The molecule has 0 aliphatic heterocycles. The van der Waals surface area contributed by atoms with Gasteiger partial charge in [0.25, 0.3) is 5.69 Å². The van der Waals surface area contributed by atoms with E-state index in [0.29, 0.717) is 11.5 Å². The Labute approximate surface area is 104 Å². The van der Waals surface area contributed by atoms with Gasteiger partial charge in [0.1, 0.15) is 11.5 Å². The lowest BCUT2D eigenvalue weighted by Crippen LogP contribution is -2.03. The molecule has 1 heterocycles. The number of nitro benzene ring substituents is 1. The number of nitrogens with two attached hydrogens (primary N) is 1. The van der Waals surface area contributed by atoms with Gasteiger partial charge < -0.3 is 5.73 Å². The number of aryl methyl sites for hydroxylation is 3. The zero-order valence-electron chi connectivity index (χ0n) is 10.5. The van der Waals surface area contributed by atoms with E-state index in [9.17, 15) is 10.1 Å². The molecular formula is C12H14N4O2. The van der Waals surface area contributed by atoms with Gasteiger partial charge in [-0.2, -0.15) is 5.10 Å². The maximum absolute atomic E-state index is 11.1. The van der Waals surface area contributed by atoms with Gasteiger partial charge in [0, 0.05) is 17.8 Å². The van der Waals surface area contributed by atoms with Gasteiger partial charge in [-0.3, -0.25) is 10.1 Å². The molecule has 1 aromatic carbocycles. The number of benzene rings is 1. The first-order valence-electron chi connectivity index (χ1n) is 5.48. The van der Waals surface area contributed by atoms with Crippen molar-refractivity contribution in [2.24, 2.45) is 0 Å². The number of rotatable bonds is 2. The highest BCUT2D eigenvalue weighted by Crippen LogP contribution is 2.27. The molecule has 0 bridgehead atoms. The molecule has 0 saturated heterocycles. The molecule has 0 unspecified atom stereocenters. The van der Waals surface area contributed by atoms with Gasteiger partial charge in [0.05, 0.1) is 4.92 Å². The largest absolute Gasteiger partial charge is 0.382 e. The Morgan fingerprint density at radius 1 is 1.22 bits per heavy atom.